The van der Waals surface area contributed by atoms with Crippen LogP contribution in [0.15, 0.2) is 30.3 Å². The maximum Gasteiger partial charge on any atom is 0.200 e. The van der Waals surface area contributed by atoms with E-state index in [1.54, 1.807) is 24.3 Å². The first kappa shape index (κ1) is 15.8. The van der Waals surface area contributed by atoms with E-state index >= 15 is 0 Å². The van der Waals surface area contributed by atoms with Gasteiger partial charge in [0.15, 0.2) is 6.61 Å². The minimum Gasteiger partial charge on any atom is -0.485 e. The van der Waals surface area contributed by atoms with Crippen LogP contribution >= 0.6 is 0 Å². The summed E-state index contributed by atoms with van der Waals surface area (Å²) in [5.74, 6) is 0.568. The third-order valence-corrected chi connectivity index (χ3v) is 4.00. The van der Waals surface area contributed by atoms with Crippen LogP contribution in [0.2, 0.25) is 0 Å². The van der Waals surface area contributed by atoms with Crippen LogP contribution in [0, 0.1) is 39.0 Å². The number of nitrogens with zero attached hydrogens (tertiary/aromatic N) is 1. The van der Waals surface area contributed by atoms with E-state index in [4.69, 9.17) is 10.00 Å². The normalized spacial score (nSPS) is 10.1. The van der Waals surface area contributed by atoms with Crippen LogP contribution in [0.5, 0.6) is 5.75 Å². The molecule has 3 nitrogen and oxygen atoms in total. The van der Waals surface area contributed by atoms with Crippen molar-refractivity contribution in [3.63, 3.8) is 0 Å². The highest BCUT2D eigenvalue weighted by molar-refractivity contribution is 6.00. The van der Waals surface area contributed by atoms with E-state index in [9.17, 15) is 4.79 Å². The molecule has 2 aromatic rings. The second-order valence-electron chi connectivity index (χ2n) is 5.48. The Kier molecular flexibility index (Phi) is 4.62. The van der Waals surface area contributed by atoms with Gasteiger partial charge in [0.1, 0.15) is 5.75 Å². The fourth-order valence-electron chi connectivity index (χ4n) is 2.48. The van der Waals surface area contributed by atoms with Crippen molar-refractivity contribution in [1.82, 2.24) is 0 Å². The zero-order valence-electron chi connectivity index (χ0n) is 13.4. The minimum absolute atomic E-state index is 0.00350. The van der Waals surface area contributed by atoms with E-state index in [0.29, 0.717) is 11.3 Å². The van der Waals surface area contributed by atoms with Crippen LogP contribution in [-0.2, 0) is 0 Å². The molecule has 0 bridgehead atoms. The number of hydrogen-bond donors (Lipinski definition) is 0. The Bertz CT molecular complexity index is 726. The molecule has 112 valence electrons. The molecule has 2 rings (SSSR count). The number of nitriles is 1. The first-order valence-corrected chi connectivity index (χ1v) is 7.17. The second-order valence-corrected chi connectivity index (χ2v) is 5.48. The van der Waals surface area contributed by atoms with E-state index in [1.165, 1.54) is 0 Å². The van der Waals surface area contributed by atoms with E-state index in [-0.39, 0.29) is 12.4 Å². The Hall–Kier alpha value is -2.60. The Morgan fingerprint density at radius 3 is 2.09 bits per heavy atom. The third-order valence-electron chi connectivity index (χ3n) is 4.00. The Morgan fingerprint density at radius 1 is 1.05 bits per heavy atom. The second kappa shape index (κ2) is 6.44. The van der Waals surface area contributed by atoms with Crippen molar-refractivity contribution < 1.29 is 9.53 Å². The lowest BCUT2D eigenvalue weighted by atomic mass is 9.92. The Balaban J connectivity index is 2.18. The predicted octanol–water partition coefficient (Wildman–Crippen LogP) is 4.05. The summed E-state index contributed by atoms with van der Waals surface area (Å²) < 4.78 is 5.55. The first-order chi connectivity index (χ1) is 10.4. The van der Waals surface area contributed by atoms with Crippen molar-refractivity contribution in [3.8, 4) is 11.8 Å². The highest BCUT2D eigenvalue weighted by Gasteiger charge is 2.16. The smallest absolute Gasteiger partial charge is 0.200 e. The van der Waals surface area contributed by atoms with Crippen LogP contribution in [0.3, 0.4) is 0 Å². The highest BCUT2D eigenvalue weighted by Crippen LogP contribution is 2.22. The molecule has 0 N–H and O–H groups in total. The van der Waals surface area contributed by atoms with E-state index in [1.807, 2.05) is 33.8 Å². The van der Waals surface area contributed by atoms with Gasteiger partial charge in [-0.15, -0.1) is 0 Å². The van der Waals surface area contributed by atoms with Crippen LogP contribution in [-0.4, -0.2) is 12.4 Å². The van der Waals surface area contributed by atoms with Gasteiger partial charge in [0.25, 0.3) is 0 Å². The van der Waals surface area contributed by atoms with Gasteiger partial charge >= 0.3 is 0 Å². The molecule has 3 heteroatoms. The van der Waals surface area contributed by atoms with Gasteiger partial charge in [0.05, 0.1) is 11.6 Å². The zero-order chi connectivity index (χ0) is 16.3. The van der Waals surface area contributed by atoms with Crippen molar-refractivity contribution in [1.29, 1.82) is 5.26 Å². The number of benzene rings is 2. The molecular weight excluding hydrogens is 274 g/mol. The SMILES string of the molecule is Cc1cc(C)c(C)c(C(=O)COc2ccc(C#N)cc2)c1C. The van der Waals surface area contributed by atoms with Gasteiger partial charge in [-0.25, -0.2) is 0 Å². The summed E-state index contributed by atoms with van der Waals surface area (Å²) in [5, 5.41) is 8.76. The number of carbonyl (C=O) groups is 1. The lowest BCUT2D eigenvalue weighted by molar-refractivity contribution is 0.0920. The first-order valence-electron chi connectivity index (χ1n) is 7.17. The predicted molar refractivity (Wildman–Crippen MR) is 86.4 cm³/mol. The van der Waals surface area contributed by atoms with Gasteiger partial charge in [-0.2, -0.15) is 5.26 Å². The summed E-state index contributed by atoms with van der Waals surface area (Å²) in [6.07, 6.45) is 0. The number of ether oxygens (including phenoxy) is 1. The number of hydrogen-bond acceptors (Lipinski definition) is 3. The summed E-state index contributed by atoms with van der Waals surface area (Å²) >= 11 is 0. The van der Waals surface area contributed by atoms with Crippen molar-refractivity contribution >= 4 is 5.78 Å². The Morgan fingerprint density at radius 2 is 1.59 bits per heavy atom. The maximum absolute atomic E-state index is 12.5. The highest BCUT2D eigenvalue weighted by atomic mass is 16.5. The molecule has 0 aliphatic rings. The van der Waals surface area contributed by atoms with Gasteiger partial charge in [-0.3, -0.25) is 4.79 Å². The molecule has 0 spiro atoms. The lowest BCUT2D eigenvalue weighted by Gasteiger charge is -2.14. The van der Waals surface area contributed by atoms with E-state index < -0.39 is 0 Å². The van der Waals surface area contributed by atoms with Crippen molar-refractivity contribution in [2.24, 2.45) is 0 Å². The topological polar surface area (TPSA) is 50.1 Å². The van der Waals surface area contributed by atoms with Crippen LogP contribution in [0.25, 0.3) is 0 Å². The molecule has 0 amide bonds. The summed E-state index contributed by atoms with van der Waals surface area (Å²) in [7, 11) is 0. The van der Waals surface area contributed by atoms with Gasteiger partial charge in [-0.1, -0.05) is 6.07 Å². The number of Topliss-reactive ketones (excluding diaryl/α,β-unsaturated/α-hetero) is 1. The average molecular weight is 293 g/mol. The summed E-state index contributed by atoms with van der Waals surface area (Å²) in [4.78, 5) is 12.5. The summed E-state index contributed by atoms with van der Waals surface area (Å²) in [6.45, 7) is 7.96. The van der Waals surface area contributed by atoms with Crippen LogP contribution in [0.1, 0.15) is 38.2 Å². The number of rotatable bonds is 4. The molecular formula is C19H19NO2. The minimum atomic E-state index is -0.0221. The van der Waals surface area contributed by atoms with Gasteiger partial charge < -0.3 is 4.74 Å². The van der Waals surface area contributed by atoms with E-state index in [0.717, 1.165) is 27.8 Å². The molecule has 0 saturated heterocycles. The lowest BCUT2D eigenvalue weighted by Crippen LogP contribution is -2.15. The molecule has 0 aliphatic heterocycles. The third kappa shape index (κ3) is 3.17. The largest absolute Gasteiger partial charge is 0.485 e. The summed E-state index contributed by atoms with van der Waals surface area (Å²) in [6, 6.07) is 10.9. The molecule has 0 atom stereocenters. The fraction of sp³-hybridized carbons (Fsp3) is 0.263. The van der Waals surface area contributed by atoms with Crippen LogP contribution < -0.4 is 4.74 Å². The van der Waals surface area contributed by atoms with Crippen molar-refractivity contribution in [3.05, 3.63) is 63.7 Å². The quantitative estimate of drug-likeness (QED) is 0.799. The maximum atomic E-state index is 12.5. The molecule has 0 fully saturated rings. The number of ketones is 1. The number of aryl methyl sites for hydroxylation is 2. The molecule has 0 aliphatic carbocycles. The molecule has 0 aromatic heterocycles. The molecule has 0 unspecified atom stereocenters. The Labute approximate surface area is 131 Å². The monoisotopic (exact) mass is 293 g/mol. The van der Waals surface area contributed by atoms with Gasteiger partial charge in [0, 0.05) is 5.56 Å². The average Bonchev–Trinajstić information content (AvgIpc) is 2.51. The summed E-state index contributed by atoms with van der Waals surface area (Å²) in [5.41, 5.74) is 5.58. The molecule has 0 heterocycles. The van der Waals surface area contributed by atoms with E-state index in [2.05, 4.69) is 6.07 Å². The van der Waals surface area contributed by atoms with Gasteiger partial charge in [-0.05, 0) is 74.2 Å². The molecule has 0 saturated carbocycles. The molecule has 0 radical (unpaired) electrons. The number of carbonyl (C=O) groups excluding carboxylic acids is 1. The van der Waals surface area contributed by atoms with Gasteiger partial charge in [0.2, 0.25) is 5.78 Å². The zero-order valence-corrected chi connectivity index (χ0v) is 13.4. The fourth-order valence-corrected chi connectivity index (χ4v) is 2.48. The molecule has 22 heavy (non-hydrogen) atoms. The van der Waals surface area contributed by atoms with Crippen molar-refractivity contribution in [2.75, 3.05) is 6.61 Å². The molecule has 2 aromatic carbocycles. The standard InChI is InChI=1S/C19H19NO2/c1-12-9-13(2)15(4)19(14(12)3)18(21)11-22-17-7-5-16(10-20)6-8-17/h5-9H,11H2,1-4H3. The van der Waals surface area contributed by atoms with Crippen LogP contribution in [0.4, 0.5) is 0 Å². The van der Waals surface area contributed by atoms with Crippen molar-refractivity contribution in [2.45, 2.75) is 27.7 Å².